The topological polar surface area (TPSA) is 90.0 Å². The van der Waals surface area contributed by atoms with Crippen LogP contribution in [0.1, 0.15) is 18.5 Å². The number of hydrogen-bond acceptors (Lipinski definition) is 6. The smallest absolute Gasteiger partial charge is 0.229 e. The maximum atomic E-state index is 9.74. The summed E-state index contributed by atoms with van der Waals surface area (Å²) in [5, 5.41) is 19.7. The molecule has 0 spiro atoms. The SMILES string of the molecule is Cc1[nH]ncc1Nc1nccc(N2CCCC(O)C2)n1. The maximum Gasteiger partial charge on any atom is 0.229 e. The van der Waals surface area contributed by atoms with Gasteiger partial charge in [0.15, 0.2) is 0 Å². The van der Waals surface area contributed by atoms with Gasteiger partial charge in [0.05, 0.1) is 23.7 Å². The molecule has 7 nitrogen and oxygen atoms in total. The predicted octanol–water partition coefficient (Wildman–Crippen LogP) is 1.21. The van der Waals surface area contributed by atoms with E-state index in [1.807, 2.05) is 13.0 Å². The van der Waals surface area contributed by atoms with Crippen LogP contribution < -0.4 is 10.2 Å². The Bertz CT molecular complexity index is 584. The molecule has 1 unspecified atom stereocenters. The van der Waals surface area contributed by atoms with Crippen LogP contribution in [0.2, 0.25) is 0 Å². The number of aryl methyl sites for hydroxylation is 1. The summed E-state index contributed by atoms with van der Waals surface area (Å²) in [6.45, 7) is 3.47. The third-order valence-electron chi connectivity index (χ3n) is 3.44. The van der Waals surface area contributed by atoms with Gasteiger partial charge in [0.25, 0.3) is 0 Å². The Hall–Kier alpha value is -2.15. The Labute approximate surface area is 117 Å². The summed E-state index contributed by atoms with van der Waals surface area (Å²) in [5.41, 5.74) is 1.80. The molecule has 0 aliphatic carbocycles. The van der Waals surface area contributed by atoms with Crippen molar-refractivity contribution in [2.45, 2.75) is 25.9 Å². The lowest BCUT2D eigenvalue weighted by atomic mass is 10.1. The number of anilines is 3. The average Bonchev–Trinajstić information content (AvgIpc) is 2.85. The van der Waals surface area contributed by atoms with E-state index in [9.17, 15) is 5.11 Å². The van der Waals surface area contributed by atoms with Gasteiger partial charge in [-0.2, -0.15) is 10.1 Å². The Morgan fingerprint density at radius 3 is 3.15 bits per heavy atom. The lowest BCUT2D eigenvalue weighted by Crippen LogP contribution is -2.38. The largest absolute Gasteiger partial charge is 0.391 e. The van der Waals surface area contributed by atoms with Gasteiger partial charge in [-0.25, -0.2) is 4.98 Å². The van der Waals surface area contributed by atoms with E-state index in [2.05, 4.69) is 30.4 Å². The number of nitrogens with zero attached hydrogens (tertiary/aromatic N) is 4. The number of piperidine rings is 1. The zero-order valence-corrected chi connectivity index (χ0v) is 11.4. The molecule has 2 aromatic heterocycles. The van der Waals surface area contributed by atoms with E-state index in [1.54, 1.807) is 12.4 Å². The van der Waals surface area contributed by atoms with Crippen LogP contribution in [0.5, 0.6) is 0 Å². The fourth-order valence-electron chi connectivity index (χ4n) is 2.35. The molecule has 1 aliphatic rings. The van der Waals surface area contributed by atoms with E-state index in [-0.39, 0.29) is 6.10 Å². The minimum atomic E-state index is -0.272. The lowest BCUT2D eigenvalue weighted by Gasteiger charge is -2.31. The number of rotatable bonds is 3. The fourth-order valence-corrected chi connectivity index (χ4v) is 2.35. The van der Waals surface area contributed by atoms with Gasteiger partial charge in [-0.1, -0.05) is 0 Å². The molecular formula is C13H18N6O. The van der Waals surface area contributed by atoms with Crippen LogP contribution in [-0.4, -0.2) is 44.5 Å². The molecule has 2 aromatic rings. The maximum absolute atomic E-state index is 9.74. The van der Waals surface area contributed by atoms with Crippen molar-refractivity contribution in [3.63, 3.8) is 0 Å². The highest BCUT2D eigenvalue weighted by molar-refractivity contribution is 5.56. The minimum absolute atomic E-state index is 0.272. The second-order valence-corrected chi connectivity index (χ2v) is 5.01. The van der Waals surface area contributed by atoms with Crippen molar-refractivity contribution in [3.8, 4) is 0 Å². The number of aliphatic hydroxyl groups excluding tert-OH is 1. The van der Waals surface area contributed by atoms with Crippen molar-refractivity contribution in [1.82, 2.24) is 20.2 Å². The molecule has 20 heavy (non-hydrogen) atoms. The molecule has 1 atom stereocenters. The van der Waals surface area contributed by atoms with Crippen molar-refractivity contribution >= 4 is 17.5 Å². The quantitative estimate of drug-likeness (QED) is 0.779. The molecule has 3 rings (SSSR count). The number of H-pyrrole nitrogens is 1. The summed E-state index contributed by atoms with van der Waals surface area (Å²) < 4.78 is 0. The molecule has 0 bridgehead atoms. The van der Waals surface area contributed by atoms with Crippen molar-refractivity contribution in [1.29, 1.82) is 0 Å². The number of aliphatic hydroxyl groups is 1. The highest BCUT2D eigenvalue weighted by Gasteiger charge is 2.19. The van der Waals surface area contributed by atoms with Gasteiger partial charge in [-0.05, 0) is 25.8 Å². The molecule has 3 N–H and O–H groups in total. The monoisotopic (exact) mass is 274 g/mol. The third kappa shape index (κ3) is 2.72. The molecule has 0 aromatic carbocycles. The average molecular weight is 274 g/mol. The van der Waals surface area contributed by atoms with Crippen LogP contribution in [0.15, 0.2) is 18.5 Å². The van der Waals surface area contributed by atoms with Gasteiger partial charge in [-0.3, -0.25) is 5.10 Å². The number of β-amino-alcohol motifs (C(OH)–C–C–N with tert-alkyl or cyclic N) is 1. The molecule has 106 valence electrons. The van der Waals surface area contributed by atoms with Gasteiger partial charge in [0.1, 0.15) is 5.82 Å². The number of aromatic amines is 1. The van der Waals surface area contributed by atoms with Gasteiger partial charge in [-0.15, -0.1) is 0 Å². The number of aromatic nitrogens is 4. The van der Waals surface area contributed by atoms with E-state index in [4.69, 9.17) is 0 Å². The molecule has 3 heterocycles. The van der Waals surface area contributed by atoms with E-state index < -0.39 is 0 Å². The number of nitrogens with one attached hydrogen (secondary N) is 2. The van der Waals surface area contributed by atoms with Gasteiger partial charge in [0, 0.05) is 19.3 Å². The van der Waals surface area contributed by atoms with Crippen LogP contribution in [-0.2, 0) is 0 Å². The molecule has 1 aliphatic heterocycles. The van der Waals surface area contributed by atoms with Gasteiger partial charge in [0.2, 0.25) is 5.95 Å². The molecule has 1 saturated heterocycles. The first kappa shape index (κ1) is 12.9. The second-order valence-electron chi connectivity index (χ2n) is 5.01. The van der Waals surface area contributed by atoms with E-state index >= 15 is 0 Å². The van der Waals surface area contributed by atoms with Crippen LogP contribution in [0.3, 0.4) is 0 Å². The van der Waals surface area contributed by atoms with Crippen molar-refractivity contribution in [2.24, 2.45) is 0 Å². The van der Waals surface area contributed by atoms with E-state index in [0.717, 1.165) is 36.6 Å². The summed E-state index contributed by atoms with van der Waals surface area (Å²) in [7, 11) is 0. The summed E-state index contributed by atoms with van der Waals surface area (Å²) in [6.07, 6.45) is 5.00. The minimum Gasteiger partial charge on any atom is -0.391 e. The van der Waals surface area contributed by atoms with Crippen LogP contribution in [0.4, 0.5) is 17.5 Å². The first-order chi connectivity index (χ1) is 9.72. The summed E-state index contributed by atoms with van der Waals surface area (Å²) in [4.78, 5) is 10.8. The summed E-state index contributed by atoms with van der Waals surface area (Å²) in [6, 6.07) is 1.87. The molecular weight excluding hydrogens is 256 g/mol. The first-order valence-electron chi connectivity index (χ1n) is 6.75. The fraction of sp³-hybridized carbons (Fsp3) is 0.462. The number of hydrogen-bond donors (Lipinski definition) is 3. The predicted molar refractivity (Wildman–Crippen MR) is 76.1 cm³/mol. The molecule has 1 fully saturated rings. The van der Waals surface area contributed by atoms with Crippen molar-refractivity contribution < 1.29 is 5.11 Å². The second kappa shape index (κ2) is 5.46. The Morgan fingerprint density at radius 1 is 1.50 bits per heavy atom. The molecule has 0 radical (unpaired) electrons. The Balaban J connectivity index is 1.77. The first-order valence-corrected chi connectivity index (χ1v) is 6.75. The standard InChI is InChI=1S/C13H18N6O/c1-9-11(7-15-18-9)16-13-14-5-4-12(17-13)19-6-2-3-10(20)8-19/h4-5,7,10,20H,2-3,6,8H2,1H3,(H,15,18)(H,14,16,17). The van der Waals surface area contributed by atoms with E-state index in [0.29, 0.717) is 12.5 Å². The Morgan fingerprint density at radius 2 is 2.40 bits per heavy atom. The highest BCUT2D eigenvalue weighted by atomic mass is 16.3. The Kier molecular flexibility index (Phi) is 3.51. The summed E-state index contributed by atoms with van der Waals surface area (Å²) in [5.74, 6) is 1.37. The summed E-state index contributed by atoms with van der Waals surface area (Å²) >= 11 is 0. The zero-order valence-electron chi connectivity index (χ0n) is 11.4. The van der Waals surface area contributed by atoms with Crippen LogP contribution >= 0.6 is 0 Å². The molecule has 7 heteroatoms. The molecule has 0 amide bonds. The van der Waals surface area contributed by atoms with Crippen molar-refractivity contribution in [2.75, 3.05) is 23.3 Å². The van der Waals surface area contributed by atoms with E-state index in [1.165, 1.54) is 0 Å². The van der Waals surface area contributed by atoms with Gasteiger partial charge < -0.3 is 15.3 Å². The lowest BCUT2D eigenvalue weighted by molar-refractivity contribution is 0.154. The van der Waals surface area contributed by atoms with Crippen LogP contribution in [0, 0.1) is 6.92 Å². The highest BCUT2D eigenvalue weighted by Crippen LogP contribution is 2.20. The van der Waals surface area contributed by atoms with Crippen LogP contribution in [0.25, 0.3) is 0 Å². The third-order valence-corrected chi connectivity index (χ3v) is 3.44. The molecule has 0 saturated carbocycles. The normalized spacial score (nSPS) is 19.1. The van der Waals surface area contributed by atoms with Crippen molar-refractivity contribution in [3.05, 3.63) is 24.2 Å². The van der Waals surface area contributed by atoms with Gasteiger partial charge >= 0.3 is 0 Å². The zero-order chi connectivity index (χ0) is 13.9.